The van der Waals surface area contributed by atoms with Crippen molar-refractivity contribution in [2.45, 2.75) is 181 Å². The lowest BCUT2D eigenvalue weighted by molar-refractivity contribution is -0.159. The molecule has 1 N–H and O–H groups in total. The summed E-state index contributed by atoms with van der Waals surface area (Å²) in [7, 11) is 0. The Bertz CT molecular complexity index is 736. The highest BCUT2D eigenvalue weighted by atomic mass is 16.6. The van der Waals surface area contributed by atoms with Crippen LogP contribution >= 0.6 is 0 Å². The van der Waals surface area contributed by atoms with Gasteiger partial charge in [-0.05, 0) is 46.8 Å². The van der Waals surface area contributed by atoms with Crippen LogP contribution in [0.25, 0.3) is 0 Å². The molecule has 0 aliphatic rings. The second kappa shape index (κ2) is 18.1. The van der Waals surface area contributed by atoms with E-state index >= 15 is 0 Å². The van der Waals surface area contributed by atoms with Gasteiger partial charge >= 0.3 is 5.97 Å². The van der Waals surface area contributed by atoms with Gasteiger partial charge in [0.05, 0.1) is 0 Å². The van der Waals surface area contributed by atoms with Crippen molar-refractivity contribution in [1.29, 1.82) is 0 Å². The van der Waals surface area contributed by atoms with Crippen molar-refractivity contribution < 1.29 is 14.6 Å². The molecular weight excluding hydrogens is 468 g/mol. The molecule has 0 aliphatic carbocycles. The van der Waals surface area contributed by atoms with Gasteiger partial charge in [0.2, 0.25) is 0 Å². The van der Waals surface area contributed by atoms with Gasteiger partial charge in [-0.15, -0.1) is 0 Å². The summed E-state index contributed by atoms with van der Waals surface area (Å²) < 4.78 is 5.83. The van der Waals surface area contributed by atoms with Crippen molar-refractivity contribution in [3.05, 3.63) is 34.9 Å². The molecule has 1 aromatic rings. The van der Waals surface area contributed by atoms with Gasteiger partial charge in [0, 0.05) is 6.42 Å². The first-order valence-corrected chi connectivity index (χ1v) is 15.9. The summed E-state index contributed by atoms with van der Waals surface area (Å²) in [5.74, 6) is -0.471. The van der Waals surface area contributed by atoms with E-state index in [-0.39, 0.29) is 16.9 Å². The molecule has 3 nitrogen and oxygen atoms in total. The zero-order valence-electron chi connectivity index (χ0n) is 26.5. The van der Waals surface area contributed by atoms with Crippen LogP contribution in [0.5, 0.6) is 0 Å². The van der Waals surface area contributed by atoms with Gasteiger partial charge in [0.25, 0.3) is 0 Å². The zero-order chi connectivity index (χ0) is 28.6. The molecule has 0 bridgehead atoms. The minimum atomic E-state index is -1.13. The van der Waals surface area contributed by atoms with Crippen LogP contribution in [0.3, 0.4) is 0 Å². The van der Waals surface area contributed by atoms with Crippen molar-refractivity contribution in [1.82, 2.24) is 0 Å². The van der Waals surface area contributed by atoms with Crippen LogP contribution in [0.15, 0.2) is 18.2 Å². The van der Waals surface area contributed by atoms with Gasteiger partial charge in [-0.25, -0.2) is 4.79 Å². The standard InChI is InChI=1S/C35H62O3/c1-9-11-12-13-14-15-16-17-18-19-20-21-23-31(22-10-2)38-33(37)32(36)26-28-24-29(34(3,4)5)27-30(25-28)35(6,7)8/h24-25,27,31-32,36H,9-23,26H2,1-8H3. The van der Waals surface area contributed by atoms with Crippen LogP contribution in [0.4, 0.5) is 0 Å². The van der Waals surface area contributed by atoms with Crippen LogP contribution in [-0.2, 0) is 26.8 Å². The minimum absolute atomic E-state index is 0.00192. The summed E-state index contributed by atoms with van der Waals surface area (Å²) >= 11 is 0. The van der Waals surface area contributed by atoms with Gasteiger partial charge in [0.1, 0.15) is 6.10 Å². The van der Waals surface area contributed by atoms with E-state index in [1.807, 2.05) is 0 Å². The topological polar surface area (TPSA) is 46.5 Å². The molecule has 38 heavy (non-hydrogen) atoms. The molecule has 0 saturated heterocycles. The van der Waals surface area contributed by atoms with Gasteiger partial charge in [0.15, 0.2) is 6.10 Å². The fourth-order valence-corrected chi connectivity index (χ4v) is 5.02. The van der Waals surface area contributed by atoms with E-state index in [2.05, 4.69) is 73.6 Å². The molecule has 0 radical (unpaired) electrons. The third kappa shape index (κ3) is 14.7. The fourth-order valence-electron chi connectivity index (χ4n) is 5.02. The number of ether oxygens (including phenoxy) is 1. The van der Waals surface area contributed by atoms with Gasteiger partial charge < -0.3 is 9.84 Å². The highest BCUT2D eigenvalue weighted by molar-refractivity contribution is 5.75. The summed E-state index contributed by atoms with van der Waals surface area (Å²) in [5, 5.41) is 10.8. The number of hydrogen-bond donors (Lipinski definition) is 1. The summed E-state index contributed by atoms with van der Waals surface area (Å²) in [6.07, 6.45) is 17.7. The molecule has 2 atom stereocenters. The van der Waals surface area contributed by atoms with E-state index in [9.17, 15) is 9.90 Å². The lowest BCUT2D eigenvalue weighted by atomic mass is 9.79. The van der Waals surface area contributed by atoms with Gasteiger partial charge in [-0.1, -0.05) is 151 Å². The van der Waals surface area contributed by atoms with Crippen molar-refractivity contribution in [3.8, 4) is 0 Å². The molecule has 0 amide bonds. The molecule has 0 aromatic heterocycles. The normalized spacial score (nSPS) is 13.9. The third-order valence-electron chi connectivity index (χ3n) is 7.70. The quantitative estimate of drug-likeness (QED) is 0.143. The Labute approximate surface area is 236 Å². The van der Waals surface area contributed by atoms with Crippen molar-refractivity contribution in [2.75, 3.05) is 0 Å². The number of carbonyl (C=O) groups is 1. The molecule has 0 spiro atoms. The maximum Gasteiger partial charge on any atom is 0.335 e. The number of hydrogen-bond acceptors (Lipinski definition) is 3. The minimum Gasteiger partial charge on any atom is -0.460 e. The monoisotopic (exact) mass is 530 g/mol. The Kier molecular flexibility index (Phi) is 16.5. The van der Waals surface area contributed by atoms with Crippen molar-refractivity contribution >= 4 is 5.97 Å². The van der Waals surface area contributed by atoms with E-state index < -0.39 is 12.1 Å². The van der Waals surface area contributed by atoms with Crippen LogP contribution < -0.4 is 0 Å². The van der Waals surface area contributed by atoms with E-state index in [1.54, 1.807) is 0 Å². The number of carbonyl (C=O) groups excluding carboxylic acids is 1. The Morgan fingerprint density at radius 3 is 1.55 bits per heavy atom. The second-order valence-electron chi connectivity index (χ2n) is 13.7. The Hall–Kier alpha value is -1.35. The second-order valence-corrected chi connectivity index (χ2v) is 13.7. The first-order valence-electron chi connectivity index (χ1n) is 15.9. The first kappa shape index (κ1) is 34.7. The van der Waals surface area contributed by atoms with E-state index in [0.29, 0.717) is 6.42 Å². The molecule has 1 aromatic carbocycles. The highest BCUT2D eigenvalue weighted by Crippen LogP contribution is 2.31. The highest BCUT2D eigenvalue weighted by Gasteiger charge is 2.25. The van der Waals surface area contributed by atoms with Crippen LogP contribution in [-0.4, -0.2) is 23.3 Å². The number of unbranched alkanes of at least 4 members (excludes halogenated alkanes) is 11. The Balaban J connectivity index is 2.48. The molecular formula is C35H62O3. The average molecular weight is 531 g/mol. The summed E-state index contributed by atoms with van der Waals surface area (Å²) in [6.45, 7) is 17.6. The van der Waals surface area contributed by atoms with Gasteiger partial charge in [-0.2, -0.15) is 0 Å². The van der Waals surface area contributed by atoms with Crippen molar-refractivity contribution in [3.63, 3.8) is 0 Å². The lowest BCUT2D eigenvalue weighted by Crippen LogP contribution is -2.30. The molecule has 2 unspecified atom stereocenters. The Morgan fingerprint density at radius 2 is 1.13 bits per heavy atom. The predicted octanol–water partition coefficient (Wildman–Crippen LogP) is 9.99. The van der Waals surface area contributed by atoms with Crippen LogP contribution in [0.2, 0.25) is 0 Å². The lowest BCUT2D eigenvalue weighted by Gasteiger charge is -2.26. The van der Waals surface area contributed by atoms with E-state index in [1.165, 1.54) is 81.8 Å². The zero-order valence-corrected chi connectivity index (χ0v) is 26.5. The van der Waals surface area contributed by atoms with Gasteiger partial charge in [-0.3, -0.25) is 0 Å². The molecule has 3 heteroatoms. The van der Waals surface area contributed by atoms with E-state index in [0.717, 1.165) is 31.2 Å². The van der Waals surface area contributed by atoms with E-state index in [4.69, 9.17) is 4.74 Å². The smallest absolute Gasteiger partial charge is 0.335 e. The summed E-state index contributed by atoms with van der Waals surface area (Å²) in [6, 6.07) is 6.55. The number of aliphatic hydroxyl groups is 1. The number of benzene rings is 1. The average Bonchev–Trinajstić information content (AvgIpc) is 2.83. The van der Waals surface area contributed by atoms with Crippen LogP contribution in [0.1, 0.15) is 168 Å². The maximum atomic E-state index is 12.8. The fraction of sp³-hybridized carbons (Fsp3) is 0.800. The molecule has 0 aliphatic heterocycles. The Morgan fingerprint density at radius 1 is 0.684 bits per heavy atom. The molecule has 1 rings (SSSR count). The number of rotatable bonds is 19. The maximum absolute atomic E-state index is 12.8. The first-order chi connectivity index (χ1) is 17.9. The predicted molar refractivity (Wildman–Crippen MR) is 164 cm³/mol. The molecule has 0 fully saturated rings. The molecule has 0 heterocycles. The number of aliphatic hydroxyl groups excluding tert-OH is 1. The van der Waals surface area contributed by atoms with Crippen molar-refractivity contribution in [2.24, 2.45) is 0 Å². The summed E-state index contributed by atoms with van der Waals surface area (Å²) in [5.41, 5.74) is 3.47. The number of esters is 1. The SMILES string of the molecule is CCCCCCCCCCCCCCC(CCC)OC(=O)C(O)Cc1cc(C(C)(C)C)cc(C(C)(C)C)c1. The summed E-state index contributed by atoms with van der Waals surface area (Å²) in [4.78, 5) is 12.8. The molecule has 0 saturated carbocycles. The largest absolute Gasteiger partial charge is 0.460 e. The third-order valence-corrected chi connectivity index (χ3v) is 7.70. The molecule has 220 valence electrons. The van der Waals surface area contributed by atoms with Crippen LogP contribution in [0, 0.1) is 0 Å².